The third-order valence-electron chi connectivity index (χ3n) is 7.25. The summed E-state index contributed by atoms with van der Waals surface area (Å²) in [5, 5.41) is 0. The molecule has 2 aliphatic rings. The maximum atomic E-state index is 14.4. The number of hydrogen-bond acceptors (Lipinski definition) is 5. The SMILES string of the molecule is CN(C)c1ncc(-c2cccc(F)c2)c(C2CCCN2C(=O)C2(c3ccccc3)CCOCC2)n1. The Morgan fingerprint density at radius 2 is 1.89 bits per heavy atom. The Hall–Kier alpha value is -3.32. The largest absolute Gasteiger partial charge is 0.381 e. The summed E-state index contributed by atoms with van der Waals surface area (Å²) in [5.41, 5.74) is 2.68. The Bertz CT molecular complexity index is 1190. The Balaban J connectivity index is 1.58. The number of aromatic nitrogens is 2. The highest BCUT2D eigenvalue weighted by molar-refractivity contribution is 5.89. The maximum Gasteiger partial charge on any atom is 0.233 e. The van der Waals surface area contributed by atoms with E-state index in [2.05, 4.69) is 17.1 Å². The molecule has 2 fully saturated rings. The number of halogens is 1. The number of nitrogens with zero attached hydrogens (tertiary/aromatic N) is 4. The average Bonchev–Trinajstić information content (AvgIpc) is 3.38. The molecule has 182 valence electrons. The van der Waals surface area contributed by atoms with Crippen molar-refractivity contribution in [3.05, 3.63) is 77.9 Å². The summed E-state index contributed by atoms with van der Waals surface area (Å²) in [4.78, 5) is 27.7. The number of hydrogen-bond donors (Lipinski definition) is 0. The number of rotatable bonds is 5. The monoisotopic (exact) mass is 474 g/mol. The van der Waals surface area contributed by atoms with Gasteiger partial charge in [-0.25, -0.2) is 14.4 Å². The minimum absolute atomic E-state index is 0.129. The van der Waals surface area contributed by atoms with Crippen molar-refractivity contribution in [1.29, 1.82) is 0 Å². The van der Waals surface area contributed by atoms with Crippen LogP contribution in [0.2, 0.25) is 0 Å². The summed E-state index contributed by atoms with van der Waals surface area (Å²) in [7, 11) is 3.79. The molecule has 0 saturated carbocycles. The molecule has 7 heteroatoms. The van der Waals surface area contributed by atoms with Gasteiger partial charge >= 0.3 is 0 Å². The first kappa shape index (κ1) is 23.4. The molecule has 3 heterocycles. The second-order valence-corrected chi connectivity index (χ2v) is 9.59. The summed E-state index contributed by atoms with van der Waals surface area (Å²) in [6, 6.07) is 16.4. The normalized spacial score (nSPS) is 19.5. The highest BCUT2D eigenvalue weighted by Crippen LogP contribution is 2.43. The molecule has 0 bridgehead atoms. The smallest absolute Gasteiger partial charge is 0.233 e. The molecule has 1 atom stereocenters. The van der Waals surface area contributed by atoms with Crippen LogP contribution in [0.25, 0.3) is 11.1 Å². The first-order valence-corrected chi connectivity index (χ1v) is 12.2. The summed E-state index contributed by atoms with van der Waals surface area (Å²) < 4.78 is 19.8. The van der Waals surface area contributed by atoms with E-state index in [1.165, 1.54) is 12.1 Å². The molecule has 2 aromatic carbocycles. The first-order valence-electron chi connectivity index (χ1n) is 12.2. The van der Waals surface area contributed by atoms with Crippen LogP contribution in [-0.2, 0) is 14.9 Å². The molecule has 0 spiro atoms. The van der Waals surface area contributed by atoms with Crippen LogP contribution in [0, 0.1) is 5.82 Å². The molecule has 1 amide bonds. The van der Waals surface area contributed by atoms with Gasteiger partial charge in [0.15, 0.2) is 0 Å². The van der Waals surface area contributed by atoms with Crippen LogP contribution in [0.4, 0.5) is 10.3 Å². The van der Waals surface area contributed by atoms with Gasteiger partial charge in [0.25, 0.3) is 0 Å². The van der Waals surface area contributed by atoms with Gasteiger partial charge in [-0.05, 0) is 48.9 Å². The highest BCUT2D eigenvalue weighted by atomic mass is 19.1. The molecule has 0 N–H and O–H groups in total. The fraction of sp³-hybridized carbons (Fsp3) is 0.393. The van der Waals surface area contributed by atoms with E-state index in [9.17, 15) is 9.18 Å². The van der Waals surface area contributed by atoms with Crippen LogP contribution >= 0.6 is 0 Å². The van der Waals surface area contributed by atoms with E-state index in [1.54, 1.807) is 12.3 Å². The van der Waals surface area contributed by atoms with Gasteiger partial charge in [-0.15, -0.1) is 0 Å². The highest BCUT2D eigenvalue weighted by Gasteiger charge is 2.47. The van der Waals surface area contributed by atoms with Crippen LogP contribution in [0.1, 0.15) is 43.0 Å². The van der Waals surface area contributed by atoms with E-state index in [0.717, 1.165) is 29.7 Å². The molecule has 2 aliphatic heterocycles. The van der Waals surface area contributed by atoms with Gasteiger partial charge in [-0.2, -0.15) is 0 Å². The fourth-order valence-electron chi connectivity index (χ4n) is 5.41. The van der Waals surface area contributed by atoms with Crippen molar-refractivity contribution in [2.45, 2.75) is 37.1 Å². The lowest BCUT2D eigenvalue weighted by Gasteiger charge is -2.41. The predicted molar refractivity (Wildman–Crippen MR) is 134 cm³/mol. The van der Waals surface area contributed by atoms with Crippen LogP contribution < -0.4 is 4.90 Å². The van der Waals surface area contributed by atoms with Gasteiger partial charge in [0.1, 0.15) is 5.82 Å². The number of benzene rings is 2. The summed E-state index contributed by atoms with van der Waals surface area (Å²) in [6.07, 6.45) is 4.76. The summed E-state index contributed by atoms with van der Waals surface area (Å²) in [5.74, 6) is 0.391. The first-order chi connectivity index (χ1) is 17.0. The van der Waals surface area contributed by atoms with Gasteiger partial charge in [-0.1, -0.05) is 42.5 Å². The molecule has 2 saturated heterocycles. The van der Waals surface area contributed by atoms with Crippen LogP contribution in [0.3, 0.4) is 0 Å². The van der Waals surface area contributed by atoms with E-state index in [4.69, 9.17) is 9.72 Å². The number of anilines is 1. The number of carbonyl (C=O) groups excluding carboxylic acids is 1. The van der Waals surface area contributed by atoms with Gasteiger partial charge in [-0.3, -0.25) is 4.79 Å². The van der Waals surface area contributed by atoms with E-state index in [1.807, 2.05) is 48.2 Å². The summed E-state index contributed by atoms with van der Waals surface area (Å²) >= 11 is 0. The Morgan fingerprint density at radius 1 is 1.11 bits per heavy atom. The van der Waals surface area contributed by atoms with E-state index >= 15 is 0 Å². The molecule has 3 aromatic rings. The lowest BCUT2D eigenvalue weighted by atomic mass is 9.72. The lowest BCUT2D eigenvalue weighted by molar-refractivity contribution is -0.142. The third kappa shape index (κ3) is 4.41. The van der Waals surface area contributed by atoms with Crippen molar-refractivity contribution in [1.82, 2.24) is 14.9 Å². The van der Waals surface area contributed by atoms with Gasteiger partial charge in [0.2, 0.25) is 11.9 Å². The third-order valence-corrected chi connectivity index (χ3v) is 7.25. The fourth-order valence-corrected chi connectivity index (χ4v) is 5.41. The maximum absolute atomic E-state index is 14.4. The topological polar surface area (TPSA) is 58.6 Å². The van der Waals surface area contributed by atoms with Crippen molar-refractivity contribution >= 4 is 11.9 Å². The zero-order valence-electron chi connectivity index (χ0n) is 20.3. The zero-order valence-corrected chi connectivity index (χ0v) is 20.3. The van der Waals surface area contributed by atoms with Crippen molar-refractivity contribution in [3.63, 3.8) is 0 Å². The zero-order chi connectivity index (χ0) is 24.4. The minimum Gasteiger partial charge on any atom is -0.381 e. The lowest BCUT2D eigenvalue weighted by Crippen LogP contribution is -2.49. The van der Waals surface area contributed by atoms with E-state index in [-0.39, 0.29) is 17.8 Å². The quantitative estimate of drug-likeness (QED) is 0.534. The van der Waals surface area contributed by atoms with Crippen LogP contribution in [0.15, 0.2) is 60.8 Å². The second kappa shape index (κ2) is 9.74. The second-order valence-electron chi connectivity index (χ2n) is 9.59. The minimum atomic E-state index is -0.613. The Labute approximate surface area is 205 Å². The van der Waals surface area contributed by atoms with Crippen LogP contribution in [0.5, 0.6) is 0 Å². The molecular weight excluding hydrogens is 443 g/mol. The van der Waals surface area contributed by atoms with Crippen molar-refractivity contribution in [2.24, 2.45) is 0 Å². The van der Waals surface area contributed by atoms with Crippen LogP contribution in [-0.4, -0.2) is 54.6 Å². The Kier molecular flexibility index (Phi) is 6.52. The predicted octanol–water partition coefficient (Wildman–Crippen LogP) is 4.76. The molecule has 1 unspecified atom stereocenters. The number of carbonyl (C=O) groups is 1. The van der Waals surface area contributed by atoms with Gasteiger partial charge in [0, 0.05) is 45.6 Å². The summed E-state index contributed by atoms with van der Waals surface area (Å²) in [6.45, 7) is 1.79. The molecule has 6 nitrogen and oxygen atoms in total. The number of likely N-dealkylation sites (tertiary alicyclic amines) is 1. The Morgan fingerprint density at radius 3 is 2.60 bits per heavy atom. The standard InChI is InChI=1S/C28H31FN4O2/c1-32(2)27-30-19-23(20-8-6-11-22(29)18-20)25(31-27)24-12-7-15-33(24)26(34)28(13-16-35-17-14-28)21-9-4-3-5-10-21/h3-6,8-11,18-19,24H,7,12-17H2,1-2H3. The molecule has 35 heavy (non-hydrogen) atoms. The molecule has 5 rings (SSSR count). The van der Waals surface area contributed by atoms with Crippen molar-refractivity contribution in [2.75, 3.05) is 38.8 Å². The van der Waals surface area contributed by atoms with Gasteiger partial charge < -0.3 is 14.5 Å². The molecule has 0 radical (unpaired) electrons. The van der Waals surface area contributed by atoms with Crippen molar-refractivity contribution < 1.29 is 13.9 Å². The number of ether oxygens (including phenoxy) is 1. The molecular formula is C28H31FN4O2. The van der Waals surface area contributed by atoms with E-state index in [0.29, 0.717) is 44.1 Å². The average molecular weight is 475 g/mol. The van der Waals surface area contributed by atoms with Crippen molar-refractivity contribution in [3.8, 4) is 11.1 Å². The van der Waals surface area contributed by atoms with E-state index < -0.39 is 5.41 Å². The molecule has 0 aliphatic carbocycles. The van der Waals surface area contributed by atoms with Gasteiger partial charge in [0.05, 0.1) is 17.2 Å². The number of amides is 1. The molecule has 1 aromatic heterocycles.